The molecule has 0 aromatic carbocycles. The summed E-state index contributed by atoms with van der Waals surface area (Å²) in [5.41, 5.74) is -0.743. The van der Waals surface area contributed by atoms with E-state index in [0.29, 0.717) is 12.8 Å². The summed E-state index contributed by atoms with van der Waals surface area (Å²) in [5.74, 6) is -2.40. The van der Waals surface area contributed by atoms with Crippen LogP contribution in [0.5, 0.6) is 0 Å². The Labute approximate surface area is 52.4 Å². The number of halogens is 2. The van der Waals surface area contributed by atoms with Gasteiger partial charge in [0, 0.05) is 6.42 Å². The molecule has 1 spiro atoms. The maximum absolute atomic E-state index is 12.6. The first-order chi connectivity index (χ1) is 4.16. The molecule has 0 radical (unpaired) electrons. The second-order valence-electron chi connectivity index (χ2n) is 2.96. The summed E-state index contributed by atoms with van der Waals surface area (Å²) in [6.07, 6.45) is 1.42. The van der Waals surface area contributed by atoms with Gasteiger partial charge in [-0.1, -0.05) is 0 Å². The summed E-state index contributed by atoms with van der Waals surface area (Å²) < 4.78 is 25.2. The number of rotatable bonds is 0. The molecule has 1 N–H and O–H groups in total. The maximum atomic E-state index is 12.6. The SMILES string of the molecule is FC1(F)CCC12CCN2. The van der Waals surface area contributed by atoms with Crippen LogP contribution in [0.3, 0.4) is 0 Å². The van der Waals surface area contributed by atoms with Crippen molar-refractivity contribution in [2.45, 2.75) is 30.7 Å². The van der Waals surface area contributed by atoms with Crippen molar-refractivity contribution in [3.05, 3.63) is 0 Å². The van der Waals surface area contributed by atoms with Gasteiger partial charge in [-0.25, -0.2) is 8.78 Å². The molecule has 52 valence electrons. The van der Waals surface area contributed by atoms with Gasteiger partial charge in [-0.3, -0.25) is 0 Å². The Morgan fingerprint density at radius 3 is 1.78 bits per heavy atom. The first kappa shape index (κ1) is 5.59. The minimum atomic E-state index is -2.40. The molecule has 1 saturated heterocycles. The number of hydrogen-bond acceptors (Lipinski definition) is 1. The maximum Gasteiger partial charge on any atom is 0.266 e. The van der Waals surface area contributed by atoms with Crippen LogP contribution < -0.4 is 5.32 Å². The Morgan fingerprint density at radius 2 is 1.78 bits per heavy atom. The fourth-order valence-corrected chi connectivity index (χ4v) is 1.57. The van der Waals surface area contributed by atoms with E-state index in [2.05, 4.69) is 5.32 Å². The molecule has 2 aliphatic rings. The monoisotopic (exact) mass is 133 g/mol. The third-order valence-electron chi connectivity index (χ3n) is 2.58. The van der Waals surface area contributed by atoms with Gasteiger partial charge in [0.05, 0.1) is 5.54 Å². The van der Waals surface area contributed by atoms with Gasteiger partial charge in [-0.05, 0) is 19.4 Å². The molecule has 0 amide bonds. The van der Waals surface area contributed by atoms with Crippen LogP contribution in [0.15, 0.2) is 0 Å². The summed E-state index contributed by atoms with van der Waals surface area (Å²) in [4.78, 5) is 0. The minimum Gasteiger partial charge on any atom is -0.306 e. The van der Waals surface area contributed by atoms with Crippen LogP contribution in [0.2, 0.25) is 0 Å². The molecular weight excluding hydrogens is 124 g/mol. The van der Waals surface area contributed by atoms with Gasteiger partial charge in [0.15, 0.2) is 0 Å². The molecular formula is C6H9F2N. The van der Waals surface area contributed by atoms with Crippen LogP contribution in [-0.2, 0) is 0 Å². The molecule has 9 heavy (non-hydrogen) atoms. The summed E-state index contributed by atoms with van der Waals surface area (Å²) in [5, 5.41) is 2.80. The van der Waals surface area contributed by atoms with E-state index in [-0.39, 0.29) is 6.42 Å². The fourth-order valence-electron chi connectivity index (χ4n) is 1.57. The van der Waals surface area contributed by atoms with Crippen LogP contribution in [0, 0.1) is 0 Å². The average molecular weight is 133 g/mol. The molecule has 2 fully saturated rings. The highest BCUT2D eigenvalue weighted by Crippen LogP contribution is 2.51. The van der Waals surface area contributed by atoms with Gasteiger partial charge in [0.2, 0.25) is 0 Å². The van der Waals surface area contributed by atoms with E-state index in [9.17, 15) is 8.78 Å². The average Bonchev–Trinajstić information content (AvgIpc) is 1.59. The van der Waals surface area contributed by atoms with E-state index in [4.69, 9.17) is 0 Å². The third-order valence-corrected chi connectivity index (χ3v) is 2.58. The Balaban J connectivity index is 2.13. The van der Waals surface area contributed by atoms with Gasteiger partial charge in [-0.15, -0.1) is 0 Å². The van der Waals surface area contributed by atoms with Gasteiger partial charge in [0.1, 0.15) is 0 Å². The quantitative estimate of drug-likeness (QED) is 0.522. The lowest BCUT2D eigenvalue weighted by Crippen LogP contribution is -2.73. The van der Waals surface area contributed by atoms with E-state index in [1.165, 1.54) is 0 Å². The van der Waals surface area contributed by atoms with Crippen LogP contribution in [0.1, 0.15) is 19.3 Å². The van der Waals surface area contributed by atoms with E-state index >= 15 is 0 Å². The number of alkyl halides is 2. The van der Waals surface area contributed by atoms with Crippen molar-refractivity contribution in [1.82, 2.24) is 5.32 Å². The third kappa shape index (κ3) is 0.467. The smallest absolute Gasteiger partial charge is 0.266 e. The molecule has 0 aromatic rings. The molecule has 1 heterocycles. The van der Waals surface area contributed by atoms with Gasteiger partial charge in [-0.2, -0.15) is 0 Å². The summed E-state index contributed by atoms with van der Waals surface area (Å²) >= 11 is 0. The Kier molecular flexibility index (Phi) is 0.799. The van der Waals surface area contributed by atoms with Gasteiger partial charge >= 0.3 is 0 Å². The van der Waals surface area contributed by atoms with Crippen LogP contribution in [-0.4, -0.2) is 18.0 Å². The summed E-state index contributed by atoms with van der Waals surface area (Å²) in [6.45, 7) is 0.773. The second kappa shape index (κ2) is 1.29. The van der Waals surface area contributed by atoms with Crippen LogP contribution >= 0.6 is 0 Å². The van der Waals surface area contributed by atoms with Gasteiger partial charge in [0.25, 0.3) is 5.92 Å². The molecule has 0 bridgehead atoms. The molecule has 1 saturated carbocycles. The second-order valence-corrected chi connectivity index (χ2v) is 2.96. The normalized spacial score (nSPS) is 46.0. The highest BCUT2D eigenvalue weighted by Gasteiger charge is 2.64. The first-order valence-corrected chi connectivity index (χ1v) is 3.29. The zero-order chi connectivity index (χ0) is 6.54. The Morgan fingerprint density at radius 1 is 1.11 bits per heavy atom. The highest BCUT2D eigenvalue weighted by molar-refractivity contribution is 5.14. The van der Waals surface area contributed by atoms with E-state index in [1.807, 2.05) is 0 Å². The molecule has 1 unspecified atom stereocenters. The van der Waals surface area contributed by atoms with Crippen LogP contribution in [0.4, 0.5) is 8.78 Å². The van der Waals surface area contributed by atoms with Crippen molar-refractivity contribution < 1.29 is 8.78 Å². The standard InChI is InChI=1S/C6H9F2N/c7-6(8)2-1-5(6)3-4-9-5/h9H,1-4H2. The molecule has 1 atom stereocenters. The zero-order valence-electron chi connectivity index (χ0n) is 5.08. The molecule has 1 aliphatic carbocycles. The summed E-state index contributed by atoms with van der Waals surface area (Å²) in [7, 11) is 0. The lowest BCUT2D eigenvalue weighted by atomic mass is 9.66. The van der Waals surface area contributed by atoms with E-state index in [0.717, 1.165) is 6.54 Å². The van der Waals surface area contributed by atoms with E-state index in [1.54, 1.807) is 0 Å². The Bertz CT molecular complexity index is 134. The number of hydrogen-bond donors (Lipinski definition) is 1. The molecule has 3 heteroatoms. The fraction of sp³-hybridized carbons (Fsp3) is 1.00. The van der Waals surface area contributed by atoms with Gasteiger partial charge < -0.3 is 5.32 Å². The van der Waals surface area contributed by atoms with Crippen LogP contribution in [0.25, 0.3) is 0 Å². The molecule has 0 aromatic heterocycles. The largest absolute Gasteiger partial charge is 0.306 e. The lowest BCUT2D eigenvalue weighted by molar-refractivity contribution is -0.191. The van der Waals surface area contributed by atoms with Crippen molar-refractivity contribution >= 4 is 0 Å². The van der Waals surface area contributed by atoms with Crippen molar-refractivity contribution in [2.24, 2.45) is 0 Å². The van der Waals surface area contributed by atoms with Crippen molar-refractivity contribution in [3.8, 4) is 0 Å². The van der Waals surface area contributed by atoms with Crippen molar-refractivity contribution in [1.29, 1.82) is 0 Å². The minimum absolute atomic E-state index is 0.0833. The van der Waals surface area contributed by atoms with Crippen molar-refractivity contribution in [3.63, 3.8) is 0 Å². The molecule has 1 aliphatic heterocycles. The topological polar surface area (TPSA) is 12.0 Å². The summed E-state index contributed by atoms with van der Waals surface area (Å²) in [6, 6.07) is 0. The highest BCUT2D eigenvalue weighted by atomic mass is 19.3. The van der Waals surface area contributed by atoms with E-state index < -0.39 is 11.5 Å². The predicted molar refractivity (Wildman–Crippen MR) is 29.5 cm³/mol. The molecule has 2 rings (SSSR count). The predicted octanol–water partition coefficient (Wildman–Crippen LogP) is 1.15. The van der Waals surface area contributed by atoms with Crippen molar-refractivity contribution in [2.75, 3.05) is 6.54 Å². The number of nitrogens with one attached hydrogen (secondary N) is 1. The zero-order valence-corrected chi connectivity index (χ0v) is 5.08. The first-order valence-electron chi connectivity index (χ1n) is 3.29. The molecule has 1 nitrogen and oxygen atoms in total. The lowest BCUT2D eigenvalue weighted by Gasteiger charge is -2.55. The Hall–Kier alpha value is -0.180.